The number of rotatable bonds is 6. The van der Waals surface area contributed by atoms with E-state index in [0.717, 1.165) is 25.3 Å². The summed E-state index contributed by atoms with van der Waals surface area (Å²) in [7, 11) is 1.73. The molecular formula is C15H23NO2. The van der Waals surface area contributed by atoms with Gasteiger partial charge in [0.25, 0.3) is 0 Å². The number of para-hydroxylation sites is 1. The lowest BCUT2D eigenvalue weighted by atomic mass is 9.98. The summed E-state index contributed by atoms with van der Waals surface area (Å²) < 4.78 is 11.2. The van der Waals surface area contributed by atoms with Crippen LogP contribution in [0.1, 0.15) is 37.8 Å². The number of ether oxygens (including phenoxy) is 2. The standard InChI is InChI=1S/C15H23NO2/c1-3-16-14(11-12-7-6-10-18-12)13-8-4-5-9-15(13)17-2/h4-5,8-9,12,14,16H,3,6-7,10-11H2,1-2H3. The Hall–Kier alpha value is -1.06. The van der Waals surface area contributed by atoms with Gasteiger partial charge in [-0.1, -0.05) is 25.1 Å². The van der Waals surface area contributed by atoms with Crippen LogP contribution in [0.15, 0.2) is 24.3 Å². The van der Waals surface area contributed by atoms with E-state index < -0.39 is 0 Å². The summed E-state index contributed by atoms with van der Waals surface area (Å²) in [4.78, 5) is 0. The van der Waals surface area contributed by atoms with Crippen LogP contribution in [0.3, 0.4) is 0 Å². The molecule has 1 fully saturated rings. The Morgan fingerprint density at radius 3 is 2.94 bits per heavy atom. The van der Waals surface area contributed by atoms with Gasteiger partial charge in [0, 0.05) is 18.2 Å². The second kappa shape index (κ2) is 6.76. The minimum absolute atomic E-state index is 0.314. The molecular weight excluding hydrogens is 226 g/mol. The van der Waals surface area contributed by atoms with Crippen LogP contribution in [-0.2, 0) is 4.74 Å². The first-order chi connectivity index (χ1) is 8.85. The normalized spacial score (nSPS) is 20.9. The summed E-state index contributed by atoms with van der Waals surface area (Å²) in [5, 5.41) is 3.54. The lowest BCUT2D eigenvalue weighted by Gasteiger charge is -2.23. The fourth-order valence-electron chi connectivity index (χ4n) is 2.61. The van der Waals surface area contributed by atoms with Crippen molar-refractivity contribution in [2.24, 2.45) is 0 Å². The molecule has 0 spiro atoms. The van der Waals surface area contributed by atoms with Crippen LogP contribution >= 0.6 is 0 Å². The summed E-state index contributed by atoms with van der Waals surface area (Å²) in [5.41, 5.74) is 1.23. The molecule has 1 aromatic rings. The van der Waals surface area contributed by atoms with Gasteiger partial charge in [0.2, 0.25) is 0 Å². The van der Waals surface area contributed by atoms with Gasteiger partial charge in [-0.05, 0) is 31.9 Å². The fraction of sp³-hybridized carbons (Fsp3) is 0.600. The highest BCUT2D eigenvalue weighted by Gasteiger charge is 2.23. The van der Waals surface area contributed by atoms with Crippen LogP contribution in [0.4, 0.5) is 0 Å². The molecule has 18 heavy (non-hydrogen) atoms. The van der Waals surface area contributed by atoms with Gasteiger partial charge in [0.05, 0.1) is 13.2 Å². The van der Waals surface area contributed by atoms with Gasteiger partial charge >= 0.3 is 0 Å². The fourth-order valence-corrected chi connectivity index (χ4v) is 2.61. The molecule has 2 atom stereocenters. The molecule has 1 aromatic carbocycles. The van der Waals surface area contributed by atoms with Crippen molar-refractivity contribution in [1.29, 1.82) is 0 Å². The number of methoxy groups -OCH3 is 1. The van der Waals surface area contributed by atoms with Crippen LogP contribution in [0.25, 0.3) is 0 Å². The van der Waals surface area contributed by atoms with Gasteiger partial charge in [0.15, 0.2) is 0 Å². The average molecular weight is 249 g/mol. The van der Waals surface area contributed by atoms with Crippen molar-refractivity contribution in [3.63, 3.8) is 0 Å². The summed E-state index contributed by atoms with van der Waals surface area (Å²) in [5.74, 6) is 0.960. The van der Waals surface area contributed by atoms with E-state index in [9.17, 15) is 0 Å². The molecule has 3 nitrogen and oxygen atoms in total. The highest BCUT2D eigenvalue weighted by Crippen LogP contribution is 2.30. The van der Waals surface area contributed by atoms with Crippen LogP contribution in [0.2, 0.25) is 0 Å². The molecule has 2 unspecified atom stereocenters. The minimum atomic E-state index is 0.314. The second-order valence-corrected chi connectivity index (χ2v) is 4.72. The van der Waals surface area contributed by atoms with Gasteiger partial charge in [-0.25, -0.2) is 0 Å². The van der Waals surface area contributed by atoms with E-state index in [-0.39, 0.29) is 0 Å². The monoisotopic (exact) mass is 249 g/mol. The highest BCUT2D eigenvalue weighted by molar-refractivity contribution is 5.36. The van der Waals surface area contributed by atoms with Gasteiger partial charge in [-0.15, -0.1) is 0 Å². The maximum Gasteiger partial charge on any atom is 0.123 e. The van der Waals surface area contributed by atoms with E-state index in [1.54, 1.807) is 7.11 Å². The molecule has 2 rings (SSSR count). The number of hydrogen-bond donors (Lipinski definition) is 1. The van der Waals surface area contributed by atoms with E-state index >= 15 is 0 Å². The summed E-state index contributed by atoms with van der Waals surface area (Å²) in [6.45, 7) is 4.00. The van der Waals surface area contributed by atoms with Crippen molar-refractivity contribution in [2.45, 2.75) is 38.3 Å². The Balaban J connectivity index is 2.11. The Morgan fingerprint density at radius 1 is 1.44 bits per heavy atom. The largest absolute Gasteiger partial charge is 0.496 e. The highest BCUT2D eigenvalue weighted by atomic mass is 16.5. The lowest BCUT2D eigenvalue weighted by Crippen LogP contribution is -2.25. The molecule has 1 N–H and O–H groups in total. The first-order valence-electron chi connectivity index (χ1n) is 6.83. The molecule has 1 aliphatic heterocycles. The molecule has 0 bridgehead atoms. The average Bonchev–Trinajstić information content (AvgIpc) is 2.91. The van der Waals surface area contributed by atoms with Crippen molar-refractivity contribution in [2.75, 3.05) is 20.3 Å². The Kier molecular flexibility index (Phi) is 5.02. The molecule has 100 valence electrons. The Labute approximate surface area is 109 Å². The maximum atomic E-state index is 5.74. The molecule has 1 heterocycles. The van der Waals surface area contributed by atoms with Gasteiger partial charge in [-0.2, -0.15) is 0 Å². The zero-order valence-corrected chi connectivity index (χ0v) is 11.3. The van der Waals surface area contributed by atoms with Crippen LogP contribution < -0.4 is 10.1 Å². The molecule has 1 aliphatic rings. The zero-order valence-electron chi connectivity index (χ0n) is 11.3. The van der Waals surface area contributed by atoms with Crippen molar-refractivity contribution in [1.82, 2.24) is 5.32 Å². The lowest BCUT2D eigenvalue weighted by molar-refractivity contribution is 0.0945. The van der Waals surface area contributed by atoms with Crippen molar-refractivity contribution in [3.8, 4) is 5.75 Å². The third kappa shape index (κ3) is 3.24. The molecule has 1 saturated heterocycles. The quantitative estimate of drug-likeness (QED) is 0.841. The molecule has 0 amide bonds. The maximum absolute atomic E-state index is 5.74. The van der Waals surface area contributed by atoms with Gasteiger partial charge < -0.3 is 14.8 Å². The summed E-state index contributed by atoms with van der Waals surface area (Å²) in [6, 6.07) is 8.56. The van der Waals surface area contributed by atoms with Gasteiger partial charge in [0.1, 0.15) is 5.75 Å². The van der Waals surface area contributed by atoms with Gasteiger partial charge in [-0.3, -0.25) is 0 Å². The van der Waals surface area contributed by atoms with E-state index in [0.29, 0.717) is 12.1 Å². The molecule has 0 radical (unpaired) electrons. The molecule has 3 heteroatoms. The third-order valence-electron chi connectivity index (χ3n) is 3.49. The van der Waals surface area contributed by atoms with E-state index in [1.807, 2.05) is 12.1 Å². The predicted molar refractivity (Wildman–Crippen MR) is 73.0 cm³/mol. The van der Waals surface area contributed by atoms with Crippen molar-refractivity contribution < 1.29 is 9.47 Å². The van der Waals surface area contributed by atoms with Crippen LogP contribution in [0.5, 0.6) is 5.75 Å². The third-order valence-corrected chi connectivity index (χ3v) is 3.49. The number of hydrogen-bond acceptors (Lipinski definition) is 3. The molecule has 0 aliphatic carbocycles. The zero-order chi connectivity index (χ0) is 12.8. The second-order valence-electron chi connectivity index (χ2n) is 4.72. The van der Waals surface area contributed by atoms with E-state index in [4.69, 9.17) is 9.47 Å². The molecule has 0 saturated carbocycles. The topological polar surface area (TPSA) is 30.5 Å². The van der Waals surface area contributed by atoms with E-state index in [2.05, 4.69) is 24.4 Å². The first kappa shape index (κ1) is 13.4. The number of nitrogens with one attached hydrogen (secondary N) is 1. The minimum Gasteiger partial charge on any atom is -0.496 e. The summed E-state index contributed by atoms with van der Waals surface area (Å²) >= 11 is 0. The van der Waals surface area contributed by atoms with E-state index in [1.165, 1.54) is 18.4 Å². The SMILES string of the molecule is CCNC(CC1CCCO1)c1ccccc1OC. The van der Waals surface area contributed by atoms with Crippen molar-refractivity contribution >= 4 is 0 Å². The number of benzene rings is 1. The van der Waals surface area contributed by atoms with Crippen LogP contribution in [0, 0.1) is 0 Å². The summed E-state index contributed by atoms with van der Waals surface area (Å²) in [6.07, 6.45) is 3.78. The Morgan fingerprint density at radius 2 is 2.28 bits per heavy atom. The first-order valence-corrected chi connectivity index (χ1v) is 6.83. The molecule has 0 aromatic heterocycles. The predicted octanol–water partition coefficient (Wildman–Crippen LogP) is 2.91. The smallest absolute Gasteiger partial charge is 0.123 e. The van der Waals surface area contributed by atoms with Crippen LogP contribution in [-0.4, -0.2) is 26.4 Å². The van der Waals surface area contributed by atoms with Crippen molar-refractivity contribution in [3.05, 3.63) is 29.8 Å². The Bertz CT molecular complexity index is 361.